The lowest BCUT2D eigenvalue weighted by Gasteiger charge is -2.41. The van der Waals surface area contributed by atoms with Crippen molar-refractivity contribution >= 4 is 16.9 Å². The first-order valence-corrected chi connectivity index (χ1v) is 13.1. The fraction of sp³-hybridized carbons (Fsp3) is 0.593. The molecule has 1 aromatic carbocycles. The number of nitrogens with one attached hydrogen (secondary N) is 1. The zero-order chi connectivity index (χ0) is 25.8. The van der Waals surface area contributed by atoms with Crippen molar-refractivity contribution in [2.75, 3.05) is 6.61 Å². The number of hydrogen-bond acceptors (Lipinski definition) is 7. The van der Waals surface area contributed by atoms with Crippen molar-refractivity contribution in [2.45, 2.75) is 91.9 Å². The van der Waals surface area contributed by atoms with Gasteiger partial charge in [-0.05, 0) is 73.0 Å². The second kappa shape index (κ2) is 11.3. The number of tetrazole rings is 1. The van der Waals surface area contributed by atoms with Gasteiger partial charge in [0.2, 0.25) is 0 Å². The van der Waals surface area contributed by atoms with Gasteiger partial charge in [-0.25, -0.2) is 4.68 Å². The summed E-state index contributed by atoms with van der Waals surface area (Å²) in [5.41, 5.74) is 3.78. The zero-order valence-electron chi connectivity index (χ0n) is 22.1. The van der Waals surface area contributed by atoms with Crippen LogP contribution >= 0.6 is 0 Å². The van der Waals surface area contributed by atoms with Crippen LogP contribution < -0.4 is 5.56 Å². The molecule has 1 aliphatic carbocycles. The number of carbonyl (C=O) groups is 1. The summed E-state index contributed by atoms with van der Waals surface area (Å²) in [5, 5.41) is 13.4. The van der Waals surface area contributed by atoms with Crippen molar-refractivity contribution in [1.82, 2.24) is 30.1 Å². The third-order valence-corrected chi connectivity index (χ3v) is 7.16. The highest BCUT2D eigenvalue weighted by atomic mass is 16.5. The van der Waals surface area contributed by atoms with Crippen LogP contribution in [0.4, 0.5) is 0 Å². The van der Waals surface area contributed by atoms with Crippen LogP contribution in [0, 0.1) is 19.8 Å². The van der Waals surface area contributed by atoms with Crippen LogP contribution in [0.2, 0.25) is 0 Å². The first kappa shape index (κ1) is 26.0. The van der Waals surface area contributed by atoms with Gasteiger partial charge >= 0.3 is 5.97 Å². The molecule has 0 saturated heterocycles. The zero-order valence-corrected chi connectivity index (χ0v) is 22.1. The number of aromatic nitrogens is 5. The van der Waals surface area contributed by atoms with E-state index in [-0.39, 0.29) is 30.0 Å². The molecule has 0 aliphatic heterocycles. The molecule has 3 aromatic rings. The Balaban J connectivity index is 1.75. The molecule has 1 aliphatic rings. The van der Waals surface area contributed by atoms with Gasteiger partial charge in [-0.1, -0.05) is 44.7 Å². The number of pyridine rings is 1. The van der Waals surface area contributed by atoms with Crippen LogP contribution in [0.1, 0.15) is 81.4 Å². The van der Waals surface area contributed by atoms with Crippen molar-refractivity contribution in [3.63, 3.8) is 0 Å². The van der Waals surface area contributed by atoms with Crippen LogP contribution in [0.25, 0.3) is 10.9 Å². The molecule has 194 valence electrons. The van der Waals surface area contributed by atoms with Gasteiger partial charge in [-0.3, -0.25) is 14.5 Å². The fourth-order valence-corrected chi connectivity index (χ4v) is 5.61. The van der Waals surface area contributed by atoms with Gasteiger partial charge in [0.25, 0.3) is 5.56 Å². The Morgan fingerprint density at radius 2 is 1.94 bits per heavy atom. The molecule has 0 radical (unpaired) electrons. The summed E-state index contributed by atoms with van der Waals surface area (Å²) in [7, 11) is 0. The van der Waals surface area contributed by atoms with E-state index in [9.17, 15) is 9.59 Å². The summed E-state index contributed by atoms with van der Waals surface area (Å²) in [4.78, 5) is 31.0. The lowest BCUT2D eigenvalue weighted by atomic mass is 9.90. The van der Waals surface area contributed by atoms with Crippen molar-refractivity contribution in [1.29, 1.82) is 0 Å². The van der Waals surface area contributed by atoms with Crippen molar-refractivity contribution in [2.24, 2.45) is 5.92 Å². The molecule has 9 heteroatoms. The molecule has 9 nitrogen and oxygen atoms in total. The third-order valence-electron chi connectivity index (χ3n) is 7.16. The highest BCUT2D eigenvalue weighted by Crippen LogP contribution is 2.35. The topological polar surface area (TPSA) is 106 Å². The number of carbonyl (C=O) groups excluding carboxylic acids is 1. The predicted molar refractivity (Wildman–Crippen MR) is 138 cm³/mol. The predicted octanol–water partition coefficient (Wildman–Crippen LogP) is 4.23. The number of benzene rings is 1. The van der Waals surface area contributed by atoms with Crippen LogP contribution in [0.5, 0.6) is 0 Å². The van der Waals surface area contributed by atoms with Gasteiger partial charge in [0.05, 0.1) is 18.2 Å². The van der Waals surface area contributed by atoms with E-state index < -0.39 is 0 Å². The maximum Gasteiger partial charge on any atom is 0.327 e. The number of H-pyrrole nitrogens is 1. The maximum absolute atomic E-state index is 13.3. The Hall–Kier alpha value is -3.07. The molecule has 0 unspecified atom stereocenters. The average Bonchev–Trinajstić information content (AvgIpc) is 3.27. The van der Waals surface area contributed by atoms with Gasteiger partial charge in [-0.15, -0.1) is 5.10 Å². The normalized spacial score (nSPS) is 15.6. The summed E-state index contributed by atoms with van der Waals surface area (Å²) in [5.74, 6) is 0.421. The van der Waals surface area contributed by atoms with Crippen molar-refractivity contribution in [3.05, 3.63) is 51.1 Å². The molecule has 1 N–H and O–H groups in total. The largest absolute Gasteiger partial charge is 0.465 e. The summed E-state index contributed by atoms with van der Waals surface area (Å²) in [6.45, 7) is 10.9. The number of esters is 1. The number of nitrogens with zero attached hydrogens (tertiary/aromatic N) is 5. The first-order valence-electron chi connectivity index (χ1n) is 13.1. The Labute approximate surface area is 212 Å². The summed E-state index contributed by atoms with van der Waals surface area (Å²) in [6, 6.07) is 6.38. The van der Waals surface area contributed by atoms with E-state index in [4.69, 9.17) is 4.74 Å². The quantitative estimate of drug-likeness (QED) is 0.444. The number of hydrogen-bond donors (Lipinski definition) is 1. The number of aromatic amines is 1. The number of fused-ring (bicyclic) bond motifs is 1. The second-order valence-corrected chi connectivity index (χ2v) is 10.3. The SMILES string of the molecule is CCOC(=O)Cn1nnnc1[C@H](C(C)C)N(Cc1cc2cc(C)cc(C)c2[nH]c1=O)C1CCCCC1. The summed E-state index contributed by atoms with van der Waals surface area (Å²) >= 11 is 0. The molecular formula is C27H38N6O3. The van der Waals surface area contributed by atoms with Crippen LogP contribution in [-0.4, -0.2) is 48.7 Å². The van der Waals surface area contributed by atoms with Crippen LogP contribution in [-0.2, 0) is 22.6 Å². The van der Waals surface area contributed by atoms with E-state index in [0.717, 1.165) is 47.7 Å². The van der Waals surface area contributed by atoms with E-state index in [2.05, 4.69) is 58.3 Å². The number of aryl methyl sites for hydroxylation is 2. The molecule has 0 bridgehead atoms. The molecule has 36 heavy (non-hydrogen) atoms. The maximum atomic E-state index is 13.3. The Kier molecular flexibility index (Phi) is 8.18. The number of ether oxygens (including phenoxy) is 1. The van der Waals surface area contributed by atoms with Crippen LogP contribution in [0.15, 0.2) is 23.0 Å². The average molecular weight is 495 g/mol. The Morgan fingerprint density at radius 3 is 2.64 bits per heavy atom. The van der Waals surface area contributed by atoms with Crippen molar-refractivity contribution < 1.29 is 9.53 Å². The molecule has 2 heterocycles. The van der Waals surface area contributed by atoms with Crippen LogP contribution in [0.3, 0.4) is 0 Å². The molecule has 4 rings (SSSR count). The first-order chi connectivity index (χ1) is 17.3. The Morgan fingerprint density at radius 1 is 1.19 bits per heavy atom. The summed E-state index contributed by atoms with van der Waals surface area (Å²) < 4.78 is 6.70. The monoisotopic (exact) mass is 494 g/mol. The minimum atomic E-state index is -0.366. The molecule has 1 atom stereocenters. The van der Waals surface area contributed by atoms with Gasteiger partial charge in [-0.2, -0.15) is 0 Å². The Bertz CT molecular complexity index is 1260. The smallest absolute Gasteiger partial charge is 0.327 e. The standard InChI is InChI=1S/C27H38N6O3/c1-6-36-23(34)16-33-26(29-30-31-33)25(17(2)3)32(22-10-8-7-9-11-22)15-21-14-20-13-18(4)12-19(5)24(20)28-27(21)35/h12-14,17,22,25H,6-11,15-16H2,1-5H3,(H,28,35)/t25-/m0/s1. The van der Waals surface area contributed by atoms with Gasteiger partial charge in [0, 0.05) is 18.2 Å². The van der Waals surface area contributed by atoms with E-state index in [1.54, 1.807) is 11.6 Å². The molecule has 0 spiro atoms. The molecular weight excluding hydrogens is 456 g/mol. The third kappa shape index (κ3) is 5.67. The highest BCUT2D eigenvalue weighted by molar-refractivity contribution is 5.82. The lowest BCUT2D eigenvalue weighted by Crippen LogP contribution is -2.43. The van der Waals surface area contributed by atoms with E-state index in [1.165, 1.54) is 12.0 Å². The highest BCUT2D eigenvalue weighted by Gasteiger charge is 2.35. The minimum absolute atomic E-state index is 0.0347. The number of rotatable bonds is 9. The molecule has 2 aromatic heterocycles. The molecule has 1 fully saturated rings. The van der Waals surface area contributed by atoms with E-state index in [1.807, 2.05) is 13.0 Å². The van der Waals surface area contributed by atoms with Gasteiger partial charge in [0.1, 0.15) is 6.54 Å². The minimum Gasteiger partial charge on any atom is -0.465 e. The second-order valence-electron chi connectivity index (χ2n) is 10.3. The van der Waals surface area contributed by atoms with E-state index >= 15 is 0 Å². The van der Waals surface area contributed by atoms with Gasteiger partial charge < -0.3 is 9.72 Å². The van der Waals surface area contributed by atoms with Gasteiger partial charge in [0.15, 0.2) is 5.82 Å². The molecule has 1 saturated carbocycles. The van der Waals surface area contributed by atoms with Crippen molar-refractivity contribution in [3.8, 4) is 0 Å². The lowest BCUT2D eigenvalue weighted by molar-refractivity contribution is -0.144. The summed E-state index contributed by atoms with van der Waals surface area (Å²) in [6.07, 6.45) is 5.67. The molecule has 0 amide bonds. The van der Waals surface area contributed by atoms with E-state index in [0.29, 0.717) is 25.0 Å². The fourth-order valence-electron chi connectivity index (χ4n) is 5.61.